The first-order chi connectivity index (χ1) is 20.9. The number of hydrogen-bond acceptors (Lipinski definition) is 10. The normalized spacial score (nSPS) is 21.8. The van der Waals surface area contributed by atoms with Crippen LogP contribution >= 0.6 is 0 Å². The molecule has 3 aromatic heterocycles. The maximum Gasteiger partial charge on any atom is 0.229 e. The summed E-state index contributed by atoms with van der Waals surface area (Å²) in [5.74, 6) is -1.67. The number of piperidine rings is 1. The molecule has 6 rings (SSSR count). The number of hydrogen-bond donors (Lipinski definition) is 2. The molecule has 5 heterocycles. The number of rotatable bonds is 9. The average Bonchev–Trinajstić information content (AvgIpc) is 3.34. The highest BCUT2D eigenvalue weighted by molar-refractivity contribution is 7.90. The standard InChI is InChI=1S/C29H32F3N7O4S/c1-17-13-38(14-22(33)27(17)43-7-8-44(2,40)41)25-5-6-34-12-24(25)36-28-35-11-19-3-4-23(37-39(19)28)26-20(30)9-18(10-21(26)31)29(32)15-42-16-29/h3-6,9-12,17,22,27H,7-8,13-16,33H2,1-2H3,(H,35,36). The number of pyridine rings is 1. The highest BCUT2D eigenvalue weighted by atomic mass is 32.2. The Balaban J connectivity index is 1.24. The molecule has 2 aliphatic rings. The molecule has 4 aromatic rings. The molecule has 3 N–H and O–H groups in total. The number of aromatic nitrogens is 4. The lowest BCUT2D eigenvalue weighted by Gasteiger charge is -2.42. The molecule has 0 amide bonds. The van der Waals surface area contributed by atoms with Crippen LogP contribution in [0, 0.1) is 17.6 Å². The summed E-state index contributed by atoms with van der Waals surface area (Å²) in [4.78, 5) is 10.7. The van der Waals surface area contributed by atoms with Crippen LogP contribution in [-0.4, -0.2) is 85.1 Å². The van der Waals surface area contributed by atoms with Crippen molar-refractivity contribution in [3.05, 3.63) is 66.1 Å². The zero-order valence-corrected chi connectivity index (χ0v) is 24.9. The van der Waals surface area contributed by atoms with Gasteiger partial charge in [0.25, 0.3) is 0 Å². The molecule has 2 saturated heterocycles. The number of benzene rings is 1. The predicted molar refractivity (Wildman–Crippen MR) is 158 cm³/mol. The van der Waals surface area contributed by atoms with Crippen LogP contribution in [0.2, 0.25) is 0 Å². The van der Waals surface area contributed by atoms with E-state index in [1.165, 1.54) is 16.8 Å². The number of halogens is 3. The second-order valence-corrected chi connectivity index (χ2v) is 13.7. The number of imidazole rings is 1. The summed E-state index contributed by atoms with van der Waals surface area (Å²) in [5, 5.41) is 7.68. The maximum absolute atomic E-state index is 15.1. The number of ether oxygens (including phenoxy) is 2. The fourth-order valence-electron chi connectivity index (χ4n) is 5.63. The number of fused-ring (bicyclic) bond motifs is 1. The van der Waals surface area contributed by atoms with E-state index in [-0.39, 0.29) is 66.4 Å². The van der Waals surface area contributed by atoms with E-state index < -0.39 is 27.1 Å². The Morgan fingerprint density at radius 1 is 1.16 bits per heavy atom. The van der Waals surface area contributed by atoms with Gasteiger partial charge in [0.2, 0.25) is 5.95 Å². The first kappa shape index (κ1) is 30.2. The number of nitrogens with two attached hydrogens (primary N) is 1. The van der Waals surface area contributed by atoms with Gasteiger partial charge in [-0.05, 0) is 35.9 Å². The van der Waals surface area contributed by atoms with Gasteiger partial charge in [-0.25, -0.2) is 26.6 Å². The second kappa shape index (κ2) is 11.6. The van der Waals surface area contributed by atoms with Crippen LogP contribution in [-0.2, 0) is 25.0 Å². The van der Waals surface area contributed by atoms with E-state index in [1.54, 1.807) is 24.7 Å². The van der Waals surface area contributed by atoms with E-state index in [0.29, 0.717) is 24.3 Å². The molecule has 15 heteroatoms. The minimum atomic E-state index is -3.15. The topological polar surface area (TPSA) is 137 Å². The van der Waals surface area contributed by atoms with E-state index >= 15 is 8.78 Å². The first-order valence-corrected chi connectivity index (χ1v) is 16.1. The van der Waals surface area contributed by atoms with Crippen molar-refractivity contribution in [1.82, 2.24) is 19.6 Å². The molecule has 11 nitrogen and oxygen atoms in total. The molecule has 2 aliphatic heterocycles. The monoisotopic (exact) mass is 631 g/mol. The number of nitrogens with zero attached hydrogens (tertiary/aromatic N) is 5. The lowest BCUT2D eigenvalue weighted by Crippen LogP contribution is -2.57. The number of sulfone groups is 1. The lowest BCUT2D eigenvalue weighted by atomic mass is 9.92. The molecule has 2 fully saturated rings. The average molecular weight is 632 g/mol. The summed E-state index contributed by atoms with van der Waals surface area (Å²) >= 11 is 0. The molecule has 0 spiro atoms. The van der Waals surface area contributed by atoms with Gasteiger partial charge in [-0.15, -0.1) is 0 Å². The number of alkyl halides is 1. The van der Waals surface area contributed by atoms with Gasteiger partial charge in [0.15, 0.2) is 5.67 Å². The van der Waals surface area contributed by atoms with Gasteiger partial charge in [-0.2, -0.15) is 9.61 Å². The van der Waals surface area contributed by atoms with Crippen molar-refractivity contribution in [2.75, 3.05) is 55.1 Å². The van der Waals surface area contributed by atoms with Crippen molar-refractivity contribution in [2.45, 2.75) is 24.7 Å². The predicted octanol–water partition coefficient (Wildman–Crippen LogP) is 3.22. The van der Waals surface area contributed by atoms with Gasteiger partial charge < -0.3 is 25.4 Å². The van der Waals surface area contributed by atoms with Crippen molar-refractivity contribution < 1.29 is 31.1 Å². The molecule has 3 atom stereocenters. The van der Waals surface area contributed by atoms with Crippen molar-refractivity contribution in [1.29, 1.82) is 0 Å². The summed E-state index contributed by atoms with van der Waals surface area (Å²) < 4.78 is 80.2. The van der Waals surface area contributed by atoms with E-state index in [9.17, 15) is 12.8 Å². The van der Waals surface area contributed by atoms with Crippen molar-refractivity contribution in [3.8, 4) is 11.3 Å². The molecule has 1 aromatic carbocycles. The highest BCUT2D eigenvalue weighted by Crippen LogP contribution is 2.37. The molecule has 0 saturated carbocycles. The van der Waals surface area contributed by atoms with E-state index in [2.05, 4.69) is 25.3 Å². The molecule has 44 heavy (non-hydrogen) atoms. The van der Waals surface area contributed by atoms with Gasteiger partial charge in [-0.3, -0.25) is 4.98 Å². The molecule has 0 radical (unpaired) electrons. The largest absolute Gasteiger partial charge is 0.375 e. The van der Waals surface area contributed by atoms with Crippen LogP contribution in [0.5, 0.6) is 0 Å². The Hall–Kier alpha value is -3.79. The molecule has 0 bridgehead atoms. The van der Waals surface area contributed by atoms with Crippen LogP contribution in [0.4, 0.5) is 30.5 Å². The van der Waals surface area contributed by atoms with Gasteiger partial charge in [-0.1, -0.05) is 6.92 Å². The zero-order valence-electron chi connectivity index (χ0n) is 24.1. The lowest BCUT2D eigenvalue weighted by molar-refractivity contribution is -0.135. The van der Waals surface area contributed by atoms with Crippen LogP contribution in [0.15, 0.2) is 48.9 Å². The molecule has 234 valence electrons. The van der Waals surface area contributed by atoms with E-state index in [4.69, 9.17) is 15.2 Å². The van der Waals surface area contributed by atoms with Crippen molar-refractivity contribution in [3.63, 3.8) is 0 Å². The molecule has 0 aliphatic carbocycles. The Labute approximate surface area is 252 Å². The van der Waals surface area contributed by atoms with E-state index in [0.717, 1.165) is 17.8 Å². The summed E-state index contributed by atoms with van der Waals surface area (Å²) in [5.41, 5.74) is 6.02. The van der Waals surface area contributed by atoms with Crippen LogP contribution < -0.4 is 16.0 Å². The van der Waals surface area contributed by atoms with E-state index in [1.807, 2.05) is 13.0 Å². The summed E-state index contributed by atoms with van der Waals surface area (Å²) in [6.45, 7) is 2.60. The minimum Gasteiger partial charge on any atom is -0.375 e. The van der Waals surface area contributed by atoms with Gasteiger partial charge in [0, 0.05) is 37.5 Å². The Morgan fingerprint density at radius 3 is 2.57 bits per heavy atom. The summed E-state index contributed by atoms with van der Waals surface area (Å²) in [7, 11) is -3.15. The van der Waals surface area contributed by atoms with Gasteiger partial charge in [0.05, 0.1) is 72.2 Å². The zero-order chi connectivity index (χ0) is 31.2. The Morgan fingerprint density at radius 2 is 1.91 bits per heavy atom. The Kier molecular flexibility index (Phi) is 7.98. The van der Waals surface area contributed by atoms with Gasteiger partial charge >= 0.3 is 0 Å². The number of nitrogens with one attached hydrogen (secondary N) is 1. The molecular weight excluding hydrogens is 599 g/mol. The van der Waals surface area contributed by atoms with Crippen LogP contribution in [0.1, 0.15) is 12.5 Å². The third-order valence-corrected chi connectivity index (χ3v) is 8.84. The SMILES string of the molecule is CC1CN(c2ccncc2Nc2ncc3ccc(-c4c(F)cc(C5(F)COC5)cc4F)nn23)CC(N)C1OCCS(C)(=O)=O. The fourth-order valence-corrected chi connectivity index (χ4v) is 6.03. The Bertz CT molecular complexity index is 1770. The van der Waals surface area contributed by atoms with Crippen molar-refractivity contribution >= 4 is 32.7 Å². The second-order valence-electron chi connectivity index (χ2n) is 11.4. The van der Waals surface area contributed by atoms with Crippen LogP contribution in [0.25, 0.3) is 16.8 Å². The third kappa shape index (κ3) is 5.96. The van der Waals surface area contributed by atoms with Gasteiger partial charge in [0.1, 0.15) is 21.5 Å². The number of anilines is 3. The molecule has 3 unspecified atom stereocenters. The highest BCUT2D eigenvalue weighted by Gasteiger charge is 2.42. The van der Waals surface area contributed by atoms with Crippen LogP contribution in [0.3, 0.4) is 0 Å². The quantitative estimate of drug-likeness (QED) is 0.283. The summed E-state index contributed by atoms with van der Waals surface area (Å²) in [6, 6.07) is 6.51. The molecular formula is C29H32F3N7O4S. The minimum absolute atomic E-state index is 0.00187. The summed E-state index contributed by atoms with van der Waals surface area (Å²) in [6.07, 6.45) is 5.70. The fraction of sp³-hybridized carbons (Fsp3) is 0.414. The van der Waals surface area contributed by atoms with Crippen molar-refractivity contribution in [2.24, 2.45) is 11.7 Å². The third-order valence-electron chi connectivity index (χ3n) is 7.93. The first-order valence-electron chi connectivity index (χ1n) is 14.0. The maximum atomic E-state index is 15.1. The smallest absolute Gasteiger partial charge is 0.229 e.